The summed E-state index contributed by atoms with van der Waals surface area (Å²) in [5.74, 6) is 2.30. The van der Waals surface area contributed by atoms with Gasteiger partial charge in [0.2, 0.25) is 0 Å². The molecule has 0 aliphatic heterocycles. The number of hydrogen-bond acceptors (Lipinski definition) is 2. The van der Waals surface area contributed by atoms with Gasteiger partial charge in [-0.25, -0.2) is 0 Å². The molecule has 7 unspecified atom stereocenters. The molecule has 4 rings (SSSR count). The van der Waals surface area contributed by atoms with Gasteiger partial charge in [0.1, 0.15) is 12.6 Å². The Hall–Kier alpha value is -0.660. The number of hydrogen-bond donors (Lipinski definition) is 0. The zero-order chi connectivity index (χ0) is 15.6. The van der Waals surface area contributed by atoms with Gasteiger partial charge in [0.05, 0.1) is 0 Å². The van der Waals surface area contributed by atoms with Crippen molar-refractivity contribution in [3.05, 3.63) is 0 Å². The summed E-state index contributed by atoms with van der Waals surface area (Å²) in [7, 11) is 0. The molecule has 0 N–H and O–H groups in total. The average Bonchev–Trinajstić information content (AvgIpc) is 2.77. The summed E-state index contributed by atoms with van der Waals surface area (Å²) in [6.45, 7) is 4.72. The Labute approximate surface area is 134 Å². The molecule has 22 heavy (non-hydrogen) atoms. The summed E-state index contributed by atoms with van der Waals surface area (Å²) in [4.78, 5) is 23.3. The molecule has 0 heterocycles. The van der Waals surface area contributed by atoms with E-state index in [4.69, 9.17) is 0 Å². The minimum atomic E-state index is -0.103. The largest absolute Gasteiger partial charge is 0.303 e. The third kappa shape index (κ3) is 1.73. The molecule has 0 aromatic carbocycles. The van der Waals surface area contributed by atoms with Gasteiger partial charge in [-0.3, -0.25) is 0 Å². The van der Waals surface area contributed by atoms with Crippen molar-refractivity contribution in [2.24, 2.45) is 39.9 Å². The number of rotatable bonds is 2. The average molecular weight is 302 g/mol. The van der Waals surface area contributed by atoms with Crippen LogP contribution in [0.1, 0.15) is 71.6 Å². The van der Waals surface area contributed by atoms with Crippen molar-refractivity contribution in [2.75, 3.05) is 0 Å². The highest BCUT2D eigenvalue weighted by molar-refractivity contribution is 5.60. The molecule has 4 fully saturated rings. The summed E-state index contributed by atoms with van der Waals surface area (Å²) < 4.78 is 0. The fraction of sp³-hybridized carbons (Fsp3) is 0.900. The highest BCUT2D eigenvalue weighted by Gasteiger charge is 2.64. The van der Waals surface area contributed by atoms with Crippen molar-refractivity contribution in [1.82, 2.24) is 0 Å². The maximum Gasteiger partial charge on any atom is 0.126 e. The minimum absolute atomic E-state index is 0.103. The highest BCUT2D eigenvalue weighted by Crippen LogP contribution is 2.71. The Morgan fingerprint density at radius 3 is 2.45 bits per heavy atom. The van der Waals surface area contributed by atoms with Crippen LogP contribution in [0.3, 0.4) is 0 Å². The lowest BCUT2D eigenvalue weighted by Gasteiger charge is -2.63. The number of fused-ring (bicyclic) bond motifs is 3. The molecular formula is C20H30O2. The lowest BCUT2D eigenvalue weighted by molar-refractivity contribution is -0.157. The van der Waals surface area contributed by atoms with Gasteiger partial charge in [-0.15, -0.1) is 0 Å². The van der Waals surface area contributed by atoms with Crippen LogP contribution in [0.2, 0.25) is 0 Å². The molecule has 0 radical (unpaired) electrons. The second-order valence-corrected chi connectivity index (χ2v) is 9.53. The van der Waals surface area contributed by atoms with Crippen LogP contribution in [0, 0.1) is 39.9 Å². The lowest BCUT2D eigenvalue weighted by Crippen LogP contribution is -2.56. The van der Waals surface area contributed by atoms with E-state index in [0.29, 0.717) is 28.6 Å². The minimum Gasteiger partial charge on any atom is -0.303 e. The maximum atomic E-state index is 11.8. The number of carbonyl (C=O) groups excluding carboxylic acids is 2. The van der Waals surface area contributed by atoms with E-state index in [-0.39, 0.29) is 5.41 Å². The van der Waals surface area contributed by atoms with E-state index in [1.54, 1.807) is 0 Å². The zero-order valence-corrected chi connectivity index (χ0v) is 14.1. The van der Waals surface area contributed by atoms with E-state index in [1.165, 1.54) is 57.5 Å². The smallest absolute Gasteiger partial charge is 0.126 e. The number of carbonyl (C=O) groups is 2. The first-order valence-electron chi connectivity index (χ1n) is 9.39. The monoisotopic (exact) mass is 302 g/mol. The van der Waals surface area contributed by atoms with Crippen LogP contribution in [0.4, 0.5) is 0 Å². The summed E-state index contributed by atoms with van der Waals surface area (Å²) >= 11 is 0. The molecule has 0 aromatic heterocycles. The lowest BCUT2D eigenvalue weighted by atomic mass is 9.41. The molecule has 4 aliphatic rings. The van der Waals surface area contributed by atoms with Crippen molar-refractivity contribution in [1.29, 1.82) is 0 Å². The van der Waals surface area contributed by atoms with Crippen molar-refractivity contribution in [3.8, 4) is 0 Å². The van der Waals surface area contributed by atoms with Gasteiger partial charge in [-0.2, -0.15) is 0 Å². The molecule has 0 amide bonds. The fourth-order valence-corrected chi connectivity index (χ4v) is 7.85. The first kappa shape index (κ1) is 14.9. The zero-order valence-electron chi connectivity index (χ0n) is 14.1. The second-order valence-electron chi connectivity index (χ2n) is 9.53. The Balaban J connectivity index is 1.72. The van der Waals surface area contributed by atoms with Crippen molar-refractivity contribution >= 4 is 12.6 Å². The molecule has 1 spiro atoms. The molecule has 0 aromatic rings. The number of aldehydes is 2. The van der Waals surface area contributed by atoms with Crippen molar-refractivity contribution < 1.29 is 9.59 Å². The van der Waals surface area contributed by atoms with Crippen LogP contribution in [0.15, 0.2) is 0 Å². The Kier molecular flexibility index (Phi) is 3.17. The quantitative estimate of drug-likeness (QED) is 0.708. The SMILES string of the molecule is CC1(C=O)CCCC2(C)C1CCC13CC(C=O)C(CCC12)C3. The summed E-state index contributed by atoms with van der Waals surface area (Å²) in [6, 6.07) is 0. The van der Waals surface area contributed by atoms with Crippen molar-refractivity contribution in [2.45, 2.75) is 71.6 Å². The highest BCUT2D eigenvalue weighted by atomic mass is 16.1. The molecular weight excluding hydrogens is 272 g/mol. The van der Waals surface area contributed by atoms with Gasteiger partial charge in [0, 0.05) is 11.3 Å². The van der Waals surface area contributed by atoms with Crippen LogP contribution in [0.25, 0.3) is 0 Å². The third-order valence-corrected chi connectivity index (χ3v) is 8.68. The second kappa shape index (κ2) is 4.68. The van der Waals surface area contributed by atoms with Gasteiger partial charge in [-0.1, -0.05) is 20.3 Å². The van der Waals surface area contributed by atoms with E-state index in [9.17, 15) is 9.59 Å². The van der Waals surface area contributed by atoms with E-state index < -0.39 is 0 Å². The summed E-state index contributed by atoms with van der Waals surface area (Å²) in [5.41, 5.74) is 0.657. The van der Waals surface area contributed by atoms with Gasteiger partial charge in [0.25, 0.3) is 0 Å². The Morgan fingerprint density at radius 1 is 0.909 bits per heavy atom. The van der Waals surface area contributed by atoms with Crippen LogP contribution in [0.5, 0.6) is 0 Å². The normalized spacial score (nSPS) is 56.8. The van der Waals surface area contributed by atoms with E-state index >= 15 is 0 Å². The van der Waals surface area contributed by atoms with Crippen LogP contribution in [-0.4, -0.2) is 12.6 Å². The van der Waals surface area contributed by atoms with Gasteiger partial charge in [0.15, 0.2) is 0 Å². The first-order valence-corrected chi connectivity index (χ1v) is 9.39. The maximum absolute atomic E-state index is 11.8. The molecule has 0 saturated heterocycles. The molecule has 122 valence electrons. The van der Waals surface area contributed by atoms with E-state index in [0.717, 1.165) is 18.8 Å². The van der Waals surface area contributed by atoms with Crippen molar-refractivity contribution in [3.63, 3.8) is 0 Å². The predicted molar refractivity (Wildman–Crippen MR) is 86.3 cm³/mol. The molecule has 2 nitrogen and oxygen atoms in total. The predicted octanol–water partition coefficient (Wildman–Crippen LogP) is 4.41. The summed E-state index contributed by atoms with van der Waals surface area (Å²) in [6.07, 6.45) is 13.6. The van der Waals surface area contributed by atoms with E-state index in [2.05, 4.69) is 13.8 Å². The fourth-order valence-electron chi connectivity index (χ4n) is 7.85. The molecule has 4 saturated carbocycles. The van der Waals surface area contributed by atoms with E-state index in [1.807, 2.05) is 0 Å². The Bertz CT molecular complexity index is 500. The molecule has 2 bridgehead atoms. The summed E-state index contributed by atoms with van der Waals surface area (Å²) in [5, 5.41) is 0. The topological polar surface area (TPSA) is 34.1 Å². The molecule has 2 heteroatoms. The van der Waals surface area contributed by atoms with Gasteiger partial charge in [-0.05, 0) is 80.0 Å². The molecule has 7 atom stereocenters. The van der Waals surface area contributed by atoms with Crippen LogP contribution in [-0.2, 0) is 9.59 Å². The van der Waals surface area contributed by atoms with Crippen LogP contribution < -0.4 is 0 Å². The third-order valence-electron chi connectivity index (χ3n) is 8.68. The standard InChI is InChI=1S/C20H30O2/c1-18(13-22)7-3-8-19(2)16(18)6-9-20-10-14(4-5-17(19)20)15(11-20)12-21/h12-17H,3-11H2,1-2H3. The van der Waals surface area contributed by atoms with Gasteiger partial charge >= 0.3 is 0 Å². The van der Waals surface area contributed by atoms with Crippen LogP contribution >= 0.6 is 0 Å². The first-order chi connectivity index (χ1) is 10.5. The van der Waals surface area contributed by atoms with Gasteiger partial charge < -0.3 is 9.59 Å². The Morgan fingerprint density at radius 2 is 1.73 bits per heavy atom. The molecule has 4 aliphatic carbocycles.